The second kappa shape index (κ2) is 9.45. The van der Waals surface area contributed by atoms with Crippen LogP contribution in [0.25, 0.3) is 33.3 Å². The van der Waals surface area contributed by atoms with Gasteiger partial charge in [-0.2, -0.15) is 4.98 Å². The van der Waals surface area contributed by atoms with Crippen molar-refractivity contribution in [1.29, 1.82) is 0 Å². The topological polar surface area (TPSA) is 72.7 Å². The summed E-state index contributed by atoms with van der Waals surface area (Å²) in [7, 11) is 0. The average Bonchev–Trinajstić information content (AvgIpc) is 2.88. The van der Waals surface area contributed by atoms with Crippen LogP contribution in [0.3, 0.4) is 0 Å². The summed E-state index contributed by atoms with van der Waals surface area (Å²) >= 11 is 6.65. The predicted octanol–water partition coefficient (Wildman–Crippen LogP) is 5.81. The van der Waals surface area contributed by atoms with Crippen molar-refractivity contribution in [1.82, 2.24) is 19.5 Å². The third kappa shape index (κ3) is 4.28. The van der Waals surface area contributed by atoms with Crippen LogP contribution in [0.2, 0.25) is 5.02 Å². The minimum absolute atomic E-state index is 0.140. The highest BCUT2D eigenvalue weighted by Gasteiger charge is 2.15. The molecule has 0 unspecified atom stereocenters. The van der Waals surface area contributed by atoms with Gasteiger partial charge in [0.15, 0.2) is 0 Å². The van der Waals surface area contributed by atoms with Crippen LogP contribution in [-0.4, -0.2) is 19.5 Å². The van der Waals surface area contributed by atoms with Gasteiger partial charge in [-0.3, -0.25) is 14.3 Å². The highest BCUT2D eigenvalue weighted by atomic mass is 35.5. The summed E-state index contributed by atoms with van der Waals surface area (Å²) in [4.78, 5) is 26.7. The van der Waals surface area contributed by atoms with E-state index < -0.39 is 0 Å². The van der Waals surface area contributed by atoms with Crippen LogP contribution in [0.1, 0.15) is 12.5 Å². The number of aromatic nitrogens is 4. The van der Waals surface area contributed by atoms with E-state index in [4.69, 9.17) is 11.6 Å². The summed E-state index contributed by atoms with van der Waals surface area (Å²) in [6, 6.07) is 21.4. The number of aryl methyl sites for hydroxylation is 1. The van der Waals surface area contributed by atoms with E-state index in [2.05, 4.69) is 20.3 Å². The fourth-order valence-electron chi connectivity index (χ4n) is 3.95. The number of nitrogens with zero attached hydrogens (tertiary/aromatic N) is 4. The number of halogens is 1. The summed E-state index contributed by atoms with van der Waals surface area (Å²) in [5.74, 6) is 0.476. The molecule has 0 aliphatic carbocycles. The van der Waals surface area contributed by atoms with E-state index in [0.29, 0.717) is 40.8 Å². The molecule has 0 saturated heterocycles. The van der Waals surface area contributed by atoms with Gasteiger partial charge in [0.2, 0.25) is 5.95 Å². The summed E-state index contributed by atoms with van der Waals surface area (Å²) in [5, 5.41) is 4.51. The van der Waals surface area contributed by atoms with Crippen molar-refractivity contribution in [3.63, 3.8) is 0 Å². The van der Waals surface area contributed by atoms with Crippen molar-refractivity contribution in [3.05, 3.63) is 106 Å². The first kappa shape index (κ1) is 21.8. The van der Waals surface area contributed by atoms with Crippen molar-refractivity contribution in [2.75, 3.05) is 5.32 Å². The zero-order valence-corrected chi connectivity index (χ0v) is 19.3. The highest BCUT2D eigenvalue weighted by molar-refractivity contribution is 6.33. The van der Waals surface area contributed by atoms with Gasteiger partial charge in [-0.05, 0) is 36.2 Å². The van der Waals surface area contributed by atoms with E-state index in [1.807, 2.05) is 73.7 Å². The summed E-state index contributed by atoms with van der Waals surface area (Å²) in [6.07, 6.45) is 5.25. The SMILES string of the molecule is CCn1c(=O)c(-c2ccc(-c3cccnc3)cc2Cl)cc2cnc(NCc3ccccc3)nc21. The molecule has 7 heteroatoms. The Bertz CT molecular complexity index is 1520. The fourth-order valence-corrected chi connectivity index (χ4v) is 4.24. The lowest BCUT2D eigenvalue weighted by Gasteiger charge is -2.13. The van der Waals surface area contributed by atoms with Gasteiger partial charge in [-0.1, -0.05) is 60.1 Å². The molecule has 3 heterocycles. The Kier molecular flexibility index (Phi) is 6.06. The Morgan fingerprint density at radius 1 is 0.941 bits per heavy atom. The quantitative estimate of drug-likeness (QED) is 0.341. The lowest BCUT2D eigenvalue weighted by molar-refractivity contribution is 0.750. The lowest BCUT2D eigenvalue weighted by Crippen LogP contribution is -2.22. The third-order valence-electron chi connectivity index (χ3n) is 5.69. The highest BCUT2D eigenvalue weighted by Crippen LogP contribution is 2.31. The van der Waals surface area contributed by atoms with E-state index in [9.17, 15) is 4.79 Å². The van der Waals surface area contributed by atoms with Crippen molar-refractivity contribution in [2.45, 2.75) is 20.0 Å². The maximum Gasteiger partial charge on any atom is 0.260 e. The Hall–Kier alpha value is -4.03. The second-order valence-corrected chi connectivity index (χ2v) is 8.26. The molecule has 2 aromatic carbocycles. The van der Waals surface area contributed by atoms with E-state index in [0.717, 1.165) is 22.1 Å². The number of nitrogens with one attached hydrogen (secondary N) is 1. The molecule has 3 aromatic heterocycles. The molecule has 0 spiro atoms. The molecule has 0 fully saturated rings. The van der Waals surface area contributed by atoms with Crippen molar-refractivity contribution >= 4 is 28.6 Å². The van der Waals surface area contributed by atoms with Gasteiger partial charge >= 0.3 is 0 Å². The van der Waals surface area contributed by atoms with Crippen LogP contribution in [0.15, 0.2) is 90.1 Å². The molecule has 0 atom stereocenters. The minimum atomic E-state index is -0.140. The zero-order chi connectivity index (χ0) is 23.5. The van der Waals surface area contributed by atoms with E-state index >= 15 is 0 Å². The van der Waals surface area contributed by atoms with Gasteiger partial charge in [0.1, 0.15) is 5.65 Å². The standard InChI is InChI=1S/C27H22ClN5O/c1-2-33-25-21(17-31-27(32-25)30-15-18-7-4-3-5-8-18)13-23(26(33)34)22-11-10-19(14-24(22)28)20-9-6-12-29-16-20/h3-14,16-17H,2,15H2,1H3,(H,30,31,32). The number of hydrogen-bond acceptors (Lipinski definition) is 5. The number of pyridine rings is 2. The van der Waals surface area contributed by atoms with Gasteiger partial charge in [0, 0.05) is 58.8 Å². The molecule has 0 amide bonds. The Balaban J connectivity index is 1.53. The van der Waals surface area contributed by atoms with Crippen LogP contribution in [-0.2, 0) is 13.1 Å². The summed E-state index contributed by atoms with van der Waals surface area (Å²) in [6.45, 7) is 3.00. The first-order valence-corrected chi connectivity index (χ1v) is 11.4. The molecule has 6 nitrogen and oxygen atoms in total. The zero-order valence-electron chi connectivity index (χ0n) is 18.6. The van der Waals surface area contributed by atoms with Crippen LogP contribution in [0.5, 0.6) is 0 Å². The van der Waals surface area contributed by atoms with Crippen LogP contribution >= 0.6 is 11.6 Å². The predicted molar refractivity (Wildman–Crippen MR) is 137 cm³/mol. The number of fused-ring (bicyclic) bond motifs is 1. The van der Waals surface area contributed by atoms with Crippen LogP contribution < -0.4 is 10.9 Å². The fraction of sp³-hybridized carbons (Fsp3) is 0.111. The monoisotopic (exact) mass is 467 g/mol. The van der Waals surface area contributed by atoms with Gasteiger partial charge in [0.05, 0.1) is 0 Å². The van der Waals surface area contributed by atoms with Crippen molar-refractivity contribution < 1.29 is 0 Å². The van der Waals surface area contributed by atoms with Gasteiger partial charge in [-0.25, -0.2) is 4.98 Å². The van der Waals surface area contributed by atoms with Gasteiger partial charge < -0.3 is 5.32 Å². The lowest BCUT2D eigenvalue weighted by atomic mass is 10.0. The maximum atomic E-state index is 13.4. The van der Waals surface area contributed by atoms with E-state index in [-0.39, 0.29) is 5.56 Å². The van der Waals surface area contributed by atoms with Gasteiger partial charge in [-0.15, -0.1) is 0 Å². The molecular weight excluding hydrogens is 446 g/mol. The molecule has 34 heavy (non-hydrogen) atoms. The first-order chi connectivity index (χ1) is 16.6. The van der Waals surface area contributed by atoms with Crippen molar-refractivity contribution in [2.24, 2.45) is 0 Å². The molecule has 0 aliphatic heterocycles. The molecule has 0 aliphatic rings. The summed E-state index contributed by atoms with van der Waals surface area (Å²) < 4.78 is 1.66. The number of benzene rings is 2. The Labute approximate surface area is 201 Å². The van der Waals surface area contributed by atoms with Crippen LogP contribution in [0.4, 0.5) is 5.95 Å². The van der Waals surface area contributed by atoms with E-state index in [1.165, 1.54) is 0 Å². The average molecular weight is 468 g/mol. The third-order valence-corrected chi connectivity index (χ3v) is 6.00. The normalized spacial score (nSPS) is 11.0. The maximum absolute atomic E-state index is 13.4. The Morgan fingerprint density at radius 2 is 1.79 bits per heavy atom. The molecular formula is C27H22ClN5O. The first-order valence-electron chi connectivity index (χ1n) is 11.0. The summed E-state index contributed by atoms with van der Waals surface area (Å²) in [5.41, 5.74) is 4.67. The van der Waals surface area contributed by atoms with Gasteiger partial charge in [0.25, 0.3) is 5.56 Å². The molecule has 0 radical (unpaired) electrons. The number of anilines is 1. The largest absolute Gasteiger partial charge is 0.350 e. The van der Waals surface area contributed by atoms with Crippen LogP contribution in [0, 0.1) is 0 Å². The molecule has 5 rings (SSSR count). The second-order valence-electron chi connectivity index (χ2n) is 7.86. The van der Waals surface area contributed by atoms with Crippen molar-refractivity contribution in [3.8, 4) is 22.3 Å². The smallest absolute Gasteiger partial charge is 0.260 e. The number of hydrogen-bond donors (Lipinski definition) is 1. The molecule has 0 saturated carbocycles. The molecule has 0 bridgehead atoms. The minimum Gasteiger partial charge on any atom is -0.350 e. The molecule has 168 valence electrons. The Morgan fingerprint density at radius 3 is 2.53 bits per heavy atom. The molecule has 1 N–H and O–H groups in total. The number of rotatable bonds is 6. The molecule has 5 aromatic rings. The van der Waals surface area contributed by atoms with E-state index in [1.54, 1.807) is 23.2 Å².